The normalized spacial score (nSPS) is 22.6. The van der Waals surface area contributed by atoms with E-state index in [1.807, 2.05) is 17.0 Å². The Kier molecular flexibility index (Phi) is 4.74. The maximum atomic E-state index is 12.6. The minimum absolute atomic E-state index is 0.000602. The predicted octanol–water partition coefficient (Wildman–Crippen LogP) is 3.55. The molecule has 0 bridgehead atoms. The molecule has 0 radical (unpaired) electrons. The van der Waals surface area contributed by atoms with Crippen molar-refractivity contribution in [3.63, 3.8) is 0 Å². The molecule has 1 aliphatic heterocycles. The van der Waals surface area contributed by atoms with Crippen molar-refractivity contribution in [3.8, 4) is 5.75 Å². The van der Waals surface area contributed by atoms with E-state index in [1.165, 1.54) is 0 Å². The second-order valence-electron chi connectivity index (χ2n) is 4.83. The Morgan fingerprint density at radius 1 is 1.58 bits per heavy atom. The van der Waals surface area contributed by atoms with Crippen LogP contribution in [0.1, 0.15) is 23.7 Å². The number of hydrogen-bond donors (Lipinski definition) is 0. The SMILES string of the molecule is COc1cc(Br)ccc1C(=O)N1CCC(C)C1CCl. The lowest BCUT2D eigenvalue weighted by atomic mass is 10.0. The molecule has 0 spiro atoms. The number of amides is 1. The molecule has 0 N–H and O–H groups in total. The number of rotatable bonds is 3. The summed E-state index contributed by atoms with van der Waals surface area (Å²) in [6, 6.07) is 5.56. The molecule has 2 rings (SSSR count). The third-order valence-corrected chi connectivity index (χ3v) is 4.50. The fourth-order valence-corrected chi connectivity index (χ4v) is 3.30. The quantitative estimate of drug-likeness (QED) is 0.783. The maximum Gasteiger partial charge on any atom is 0.257 e. The van der Waals surface area contributed by atoms with E-state index in [-0.39, 0.29) is 11.9 Å². The van der Waals surface area contributed by atoms with E-state index < -0.39 is 0 Å². The van der Waals surface area contributed by atoms with Crippen LogP contribution >= 0.6 is 27.5 Å². The summed E-state index contributed by atoms with van der Waals surface area (Å²) in [5.41, 5.74) is 0.593. The van der Waals surface area contributed by atoms with Gasteiger partial charge in [-0.3, -0.25) is 4.79 Å². The Hall–Kier alpha value is -0.740. The Morgan fingerprint density at radius 3 is 2.95 bits per heavy atom. The van der Waals surface area contributed by atoms with Crippen molar-refractivity contribution < 1.29 is 9.53 Å². The van der Waals surface area contributed by atoms with Gasteiger partial charge in [-0.05, 0) is 30.5 Å². The van der Waals surface area contributed by atoms with Crippen LogP contribution in [0.2, 0.25) is 0 Å². The van der Waals surface area contributed by atoms with Crippen LogP contribution < -0.4 is 4.74 Å². The number of ether oxygens (including phenoxy) is 1. The molecule has 104 valence electrons. The van der Waals surface area contributed by atoms with Gasteiger partial charge in [-0.15, -0.1) is 11.6 Å². The number of benzene rings is 1. The van der Waals surface area contributed by atoms with E-state index in [9.17, 15) is 4.79 Å². The molecule has 1 heterocycles. The molecule has 1 aromatic carbocycles. The first-order valence-electron chi connectivity index (χ1n) is 6.29. The summed E-state index contributed by atoms with van der Waals surface area (Å²) in [5.74, 6) is 1.51. The molecule has 0 aromatic heterocycles. The van der Waals surface area contributed by atoms with Gasteiger partial charge in [0.1, 0.15) is 5.75 Å². The first-order valence-corrected chi connectivity index (χ1v) is 7.61. The van der Waals surface area contributed by atoms with Crippen molar-refractivity contribution in [2.24, 2.45) is 5.92 Å². The minimum Gasteiger partial charge on any atom is -0.496 e. The van der Waals surface area contributed by atoms with Crippen LogP contribution in [0.5, 0.6) is 5.75 Å². The standard InChI is InChI=1S/C14H17BrClNO2/c1-9-5-6-17(12(9)8-16)14(18)11-4-3-10(15)7-13(11)19-2/h3-4,7,9,12H,5-6,8H2,1-2H3. The van der Waals surface area contributed by atoms with Gasteiger partial charge in [-0.2, -0.15) is 0 Å². The highest BCUT2D eigenvalue weighted by Gasteiger charge is 2.35. The Bertz CT molecular complexity index is 481. The van der Waals surface area contributed by atoms with Crippen LogP contribution in [0.15, 0.2) is 22.7 Å². The summed E-state index contributed by atoms with van der Waals surface area (Å²) in [6.45, 7) is 2.90. The van der Waals surface area contributed by atoms with Crippen molar-refractivity contribution >= 4 is 33.4 Å². The van der Waals surface area contributed by atoms with Crippen LogP contribution in [0.25, 0.3) is 0 Å². The van der Waals surface area contributed by atoms with Gasteiger partial charge in [0.05, 0.1) is 12.7 Å². The van der Waals surface area contributed by atoms with Gasteiger partial charge in [0.2, 0.25) is 0 Å². The molecule has 0 aliphatic carbocycles. The molecule has 1 saturated heterocycles. The van der Waals surface area contributed by atoms with Crippen molar-refractivity contribution in [3.05, 3.63) is 28.2 Å². The lowest BCUT2D eigenvalue weighted by Gasteiger charge is -2.25. The predicted molar refractivity (Wildman–Crippen MR) is 80.0 cm³/mol. The summed E-state index contributed by atoms with van der Waals surface area (Å²) in [6.07, 6.45) is 1.00. The van der Waals surface area contributed by atoms with E-state index in [4.69, 9.17) is 16.3 Å². The monoisotopic (exact) mass is 345 g/mol. The molecule has 1 amide bonds. The number of alkyl halides is 1. The Morgan fingerprint density at radius 2 is 2.32 bits per heavy atom. The van der Waals surface area contributed by atoms with E-state index in [0.717, 1.165) is 17.4 Å². The highest BCUT2D eigenvalue weighted by molar-refractivity contribution is 9.10. The number of nitrogens with zero attached hydrogens (tertiary/aromatic N) is 1. The molecular weight excluding hydrogens is 330 g/mol. The molecule has 3 nitrogen and oxygen atoms in total. The summed E-state index contributed by atoms with van der Waals surface area (Å²) in [7, 11) is 1.57. The van der Waals surface area contributed by atoms with E-state index in [1.54, 1.807) is 13.2 Å². The molecular formula is C14H17BrClNO2. The maximum absolute atomic E-state index is 12.6. The summed E-state index contributed by atoms with van der Waals surface area (Å²) < 4.78 is 6.19. The van der Waals surface area contributed by atoms with Gasteiger partial charge in [0, 0.05) is 22.9 Å². The van der Waals surface area contributed by atoms with Crippen LogP contribution in [0.3, 0.4) is 0 Å². The zero-order chi connectivity index (χ0) is 14.0. The molecule has 19 heavy (non-hydrogen) atoms. The molecule has 1 aromatic rings. The first kappa shape index (κ1) is 14.7. The smallest absolute Gasteiger partial charge is 0.257 e. The van der Waals surface area contributed by atoms with Crippen LogP contribution in [0, 0.1) is 5.92 Å². The summed E-state index contributed by atoms with van der Waals surface area (Å²) >= 11 is 9.37. The molecule has 2 atom stereocenters. The summed E-state index contributed by atoms with van der Waals surface area (Å²) in [5, 5.41) is 0. The molecule has 5 heteroatoms. The van der Waals surface area contributed by atoms with Gasteiger partial charge in [0.25, 0.3) is 5.91 Å². The number of carbonyl (C=O) groups is 1. The van der Waals surface area contributed by atoms with Crippen molar-refractivity contribution in [1.29, 1.82) is 0 Å². The summed E-state index contributed by atoms with van der Waals surface area (Å²) in [4.78, 5) is 14.5. The van der Waals surface area contributed by atoms with Gasteiger partial charge in [-0.1, -0.05) is 22.9 Å². The second kappa shape index (κ2) is 6.14. The van der Waals surface area contributed by atoms with Gasteiger partial charge in [0.15, 0.2) is 0 Å². The fraction of sp³-hybridized carbons (Fsp3) is 0.500. The second-order valence-corrected chi connectivity index (χ2v) is 6.06. The van der Waals surface area contributed by atoms with Crippen LogP contribution in [-0.4, -0.2) is 36.4 Å². The highest BCUT2D eigenvalue weighted by atomic mass is 79.9. The molecule has 2 unspecified atom stereocenters. The van der Waals surface area contributed by atoms with Gasteiger partial charge < -0.3 is 9.64 Å². The lowest BCUT2D eigenvalue weighted by molar-refractivity contribution is 0.0733. The Labute approximate surface area is 127 Å². The number of methoxy groups -OCH3 is 1. The van der Waals surface area contributed by atoms with E-state index in [0.29, 0.717) is 23.1 Å². The van der Waals surface area contributed by atoms with Crippen LogP contribution in [-0.2, 0) is 0 Å². The van der Waals surface area contributed by atoms with Gasteiger partial charge in [-0.25, -0.2) is 0 Å². The minimum atomic E-state index is -0.000602. The third-order valence-electron chi connectivity index (χ3n) is 3.70. The average molecular weight is 347 g/mol. The van der Waals surface area contributed by atoms with Crippen LogP contribution in [0.4, 0.5) is 0 Å². The zero-order valence-electron chi connectivity index (χ0n) is 11.0. The zero-order valence-corrected chi connectivity index (χ0v) is 13.4. The third kappa shape index (κ3) is 2.90. The lowest BCUT2D eigenvalue weighted by Crippen LogP contribution is -2.38. The van der Waals surface area contributed by atoms with E-state index >= 15 is 0 Å². The molecule has 1 aliphatic rings. The Balaban J connectivity index is 2.29. The average Bonchev–Trinajstić information content (AvgIpc) is 2.78. The van der Waals surface area contributed by atoms with Crippen molar-refractivity contribution in [1.82, 2.24) is 4.90 Å². The van der Waals surface area contributed by atoms with Crippen molar-refractivity contribution in [2.75, 3.05) is 19.5 Å². The largest absolute Gasteiger partial charge is 0.496 e. The molecule has 0 saturated carbocycles. The number of hydrogen-bond acceptors (Lipinski definition) is 2. The molecule has 1 fully saturated rings. The first-order chi connectivity index (χ1) is 9.08. The van der Waals surface area contributed by atoms with E-state index in [2.05, 4.69) is 22.9 Å². The number of carbonyl (C=O) groups excluding carboxylic acids is 1. The topological polar surface area (TPSA) is 29.5 Å². The van der Waals surface area contributed by atoms with Gasteiger partial charge >= 0.3 is 0 Å². The highest BCUT2D eigenvalue weighted by Crippen LogP contribution is 2.30. The van der Waals surface area contributed by atoms with Crippen molar-refractivity contribution in [2.45, 2.75) is 19.4 Å². The number of likely N-dealkylation sites (tertiary alicyclic amines) is 1. The number of halogens is 2. The fourth-order valence-electron chi connectivity index (χ4n) is 2.49.